The summed E-state index contributed by atoms with van der Waals surface area (Å²) in [4.78, 5) is 13.5. The fourth-order valence-electron chi connectivity index (χ4n) is 1.69. The van der Waals surface area contributed by atoms with Crippen LogP contribution in [0, 0.1) is 0 Å². The maximum atomic E-state index is 11.8. The van der Waals surface area contributed by atoms with Gasteiger partial charge >= 0.3 is 6.09 Å². The van der Waals surface area contributed by atoms with Gasteiger partial charge in [-0.2, -0.15) is 0 Å². The summed E-state index contributed by atoms with van der Waals surface area (Å²) in [5.74, 6) is 0. The van der Waals surface area contributed by atoms with Gasteiger partial charge in [-0.15, -0.1) is 0 Å². The fourth-order valence-corrected chi connectivity index (χ4v) is 1.69. The van der Waals surface area contributed by atoms with Crippen molar-refractivity contribution in [1.29, 1.82) is 0 Å². The number of nitrogens with zero attached hydrogens (tertiary/aromatic N) is 1. The molecular formula is C12H24N2O3. The van der Waals surface area contributed by atoms with Crippen LogP contribution in [0.15, 0.2) is 0 Å². The van der Waals surface area contributed by atoms with Gasteiger partial charge in [-0.25, -0.2) is 4.79 Å². The average molecular weight is 244 g/mol. The zero-order valence-corrected chi connectivity index (χ0v) is 11.1. The van der Waals surface area contributed by atoms with Gasteiger partial charge in [-0.3, -0.25) is 0 Å². The van der Waals surface area contributed by atoms with Gasteiger partial charge in [0.25, 0.3) is 0 Å². The Morgan fingerprint density at radius 2 is 2.18 bits per heavy atom. The lowest BCUT2D eigenvalue weighted by atomic mass is 10.2. The van der Waals surface area contributed by atoms with E-state index in [9.17, 15) is 4.79 Å². The minimum absolute atomic E-state index is 0.133. The van der Waals surface area contributed by atoms with E-state index in [1.807, 2.05) is 20.8 Å². The SMILES string of the molecule is CC(C)(C)OC(=O)N1CC[C@H](OCCCN)C1. The zero-order chi connectivity index (χ0) is 12.9. The Morgan fingerprint density at radius 3 is 2.76 bits per heavy atom. The highest BCUT2D eigenvalue weighted by atomic mass is 16.6. The molecule has 17 heavy (non-hydrogen) atoms. The summed E-state index contributed by atoms with van der Waals surface area (Å²) < 4.78 is 10.9. The van der Waals surface area contributed by atoms with E-state index < -0.39 is 5.60 Å². The molecule has 0 saturated carbocycles. The molecule has 1 rings (SSSR count). The van der Waals surface area contributed by atoms with Gasteiger partial charge in [0.1, 0.15) is 5.60 Å². The van der Waals surface area contributed by atoms with Crippen LogP contribution in [0.2, 0.25) is 0 Å². The highest BCUT2D eigenvalue weighted by Crippen LogP contribution is 2.17. The summed E-state index contributed by atoms with van der Waals surface area (Å²) in [6.07, 6.45) is 1.63. The Bertz CT molecular complexity index is 251. The lowest BCUT2D eigenvalue weighted by Gasteiger charge is -2.24. The first-order chi connectivity index (χ1) is 7.92. The van der Waals surface area contributed by atoms with Gasteiger partial charge in [-0.05, 0) is 40.2 Å². The Labute approximate surface area is 103 Å². The summed E-state index contributed by atoms with van der Waals surface area (Å²) >= 11 is 0. The van der Waals surface area contributed by atoms with Gasteiger partial charge < -0.3 is 20.1 Å². The van der Waals surface area contributed by atoms with Crippen LogP contribution in [0.25, 0.3) is 0 Å². The highest BCUT2D eigenvalue weighted by Gasteiger charge is 2.29. The maximum absolute atomic E-state index is 11.8. The summed E-state index contributed by atoms with van der Waals surface area (Å²) in [5.41, 5.74) is 4.96. The van der Waals surface area contributed by atoms with Crippen molar-refractivity contribution in [2.24, 2.45) is 5.73 Å². The standard InChI is InChI=1S/C12H24N2O3/c1-12(2,3)17-11(15)14-7-5-10(9-14)16-8-4-6-13/h10H,4-9,13H2,1-3H3/t10-/m0/s1. The van der Waals surface area contributed by atoms with E-state index in [0.717, 1.165) is 12.8 Å². The van der Waals surface area contributed by atoms with Crippen molar-refractivity contribution in [1.82, 2.24) is 4.90 Å². The minimum atomic E-state index is -0.435. The molecule has 0 radical (unpaired) electrons. The van der Waals surface area contributed by atoms with Crippen molar-refractivity contribution in [3.8, 4) is 0 Å². The topological polar surface area (TPSA) is 64.8 Å². The number of amides is 1. The van der Waals surface area contributed by atoms with Gasteiger partial charge in [0, 0.05) is 13.2 Å². The monoisotopic (exact) mass is 244 g/mol. The Hall–Kier alpha value is -0.810. The molecule has 0 spiro atoms. The van der Waals surface area contributed by atoms with Crippen LogP contribution >= 0.6 is 0 Å². The van der Waals surface area contributed by atoms with E-state index in [1.165, 1.54) is 0 Å². The third kappa shape index (κ3) is 5.37. The van der Waals surface area contributed by atoms with Crippen molar-refractivity contribution >= 4 is 6.09 Å². The third-order valence-corrected chi connectivity index (χ3v) is 2.50. The summed E-state index contributed by atoms with van der Waals surface area (Å²) in [5, 5.41) is 0. The van der Waals surface area contributed by atoms with Crippen LogP contribution in [0.4, 0.5) is 4.79 Å². The predicted molar refractivity (Wildman–Crippen MR) is 65.8 cm³/mol. The summed E-state index contributed by atoms with van der Waals surface area (Å²) in [6.45, 7) is 8.26. The molecule has 1 heterocycles. The largest absolute Gasteiger partial charge is 0.444 e. The molecule has 1 amide bonds. The lowest BCUT2D eigenvalue weighted by Crippen LogP contribution is -2.36. The van der Waals surface area contributed by atoms with Crippen LogP contribution in [0.3, 0.4) is 0 Å². The second-order valence-corrected chi connectivity index (χ2v) is 5.35. The van der Waals surface area contributed by atoms with E-state index in [-0.39, 0.29) is 12.2 Å². The molecular weight excluding hydrogens is 220 g/mol. The lowest BCUT2D eigenvalue weighted by molar-refractivity contribution is 0.0209. The Morgan fingerprint density at radius 1 is 1.47 bits per heavy atom. The van der Waals surface area contributed by atoms with Crippen molar-refractivity contribution < 1.29 is 14.3 Å². The first-order valence-corrected chi connectivity index (χ1v) is 6.22. The average Bonchev–Trinajstić information content (AvgIpc) is 2.64. The van der Waals surface area contributed by atoms with E-state index in [2.05, 4.69) is 0 Å². The Kier molecular flexibility index (Phi) is 5.21. The molecule has 0 aromatic carbocycles. The number of hydrogen-bond acceptors (Lipinski definition) is 4. The minimum Gasteiger partial charge on any atom is -0.444 e. The van der Waals surface area contributed by atoms with Crippen molar-refractivity contribution in [2.45, 2.75) is 45.3 Å². The number of carbonyl (C=O) groups excluding carboxylic acids is 1. The molecule has 0 unspecified atom stereocenters. The van der Waals surface area contributed by atoms with Crippen LogP contribution in [0.5, 0.6) is 0 Å². The van der Waals surface area contributed by atoms with Gasteiger partial charge in [0.2, 0.25) is 0 Å². The molecule has 1 saturated heterocycles. The fraction of sp³-hybridized carbons (Fsp3) is 0.917. The Balaban J connectivity index is 2.27. The highest BCUT2D eigenvalue weighted by molar-refractivity contribution is 5.68. The molecule has 0 bridgehead atoms. The van der Waals surface area contributed by atoms with Crippen LogP contribution in [-0.4, -0.2) is 48.9 Å². The molecule has 1 aliphatic rings. The molecule has 1 fully saturated rings. The molecule has 0 aromatic heterocycles. The van der Waals surface area contributed by atoms with E-state index in [4.69, 9.17) is 15.2 Å². The normalized spacial score (nSPS) is 20.7. The second-order valence-electron chi connectivity index (χ2n) is 5.35. The number of ether oxygens (including phenoxy) is 2. The molecule has 1 aliphatic heterocycles. The summed E-state index contributed by atoms with van der Waals surface area (Å²) in [6, 6.07) is 0. The van der Waals surface area contributed by atoms with Crippen LogP contribution in [-0.2, 0) is 9.47 Å². The predicted octanol–water partition coefficient (Wildman–Crippen LogP) is 1.36. The maximum Gasteiger partial charge on any atom is 0.410 e. The van der Waals surface area contributed by atoms with Gasteiger partial charge in [0.05, 0.1) is 12.6 Å². The van der Waals surface area contributed by atoms with Crippen molar-refractivity contribution in [2.75, 3.05) is 26.2 Å². The quantitative estimate of drug-likeness (QED) is 0.758. The first-order valence-electron chi connectivity index (χ1n) is 6.22. The molecule has 0 aliphatic carbocycles. The van der Waals surface area contributed by atoms with Crippen molar-refractivity contribution in [3.63, 3.8) is 0 Å². The molecule has 1 atom stereocenters. The second kappa shape index (κ2) is 6.21. The van der Waals surface area contributed by atoms with Crippen LogP contribution in [0.1, 0.15) is 33.6 Å². The van der Waals surface area contributed by atoms with Crippen LogP contribution < -0.4 is 5.73 Å². The number of likely N-dealkylation sites (tertiary alicyclic amines) is 1. The number of carbonyl (C=O) groups is 1. The van der Waals surface area contributed by atoms with E-state index >= 15 is 0 Å². The smallest absolute Gasteiger partial charge is 0.410 e. The third-order valence-electron chi connectivity index (χ3n) is 2.50. The summed E-state index contributed by atoms with van der Waals surface area (Å²) in [7, 11) is 0. The zero-order valence-electron chi connectivity index (χ0n) is 11.1. The van der Waals surface area contributed by atoms with E-state index in [1.54, 1.807) is 4.90 Å². The van der Waals surface area contributed by atoms with Gasteiger partial charge in [-0.1, -0.05) is 0 Å². The molecule has 2 N–H and O–H groups in total. The number of hydrogen-bond donors (Lipinski definition) is 1. The molecule has 5 nitrogen and oxygen atoms in total. The van der Waals surface area contributed by atoms with Gasteiger partial charge in [0.15, 0.2) is 0 Å². The first kappa shape index (κ1) is 14.3. The number of rotatable bonds is 4. The molecule has 5 heteroatoms. The molecule has 0 aromatic rings. The van der Waals surface area contributed by atoms with Crippen molar-refractivity contribution in [3.05, 3.63) is 0 Å². The molecule has 100 valence electrons. The number of nitrogens with two attached hydrogens (primary N) is 1. The van der Waals surface area contributed by atoms with E-state index in [0.29, 0.717) is 26.2 Å².